The SMILES string of the molecule is O=C(Cc1ccc2c(c1)CCN2)c1cc(NC(=O)C2C(c3cc(Cl)cc(Cl)c3)C2(Cl)Cl)ccc1Cl. The van der Waals surface area contributed by atoms with Gasteiger partial charge in [-0.1, -0.05) is 46.9 Å². The van der Waals surface area contributed by atoms with E-state index in [2.05, 4.69) is 10.6 Å². The minimum Gasteiger partial charge on any atom is -0.384 e. The van der Waals surface area contributed by atoms with E-state index in [0.29, 0.717) is 31.9 Å². The van der Waals surface area contributed by atoms with Gasteiger partial charge >= 0.3 is 0 Å². The van der Waals surface area contributed by atoms with Crippen LogP contribution in [0.25, 0.3) is 0 Å². The minimum absolute atomic E-state index is 0.140. The molecule has 1 saturated carbocycles. The molecule has 180 valence electrons. The van der Waals surface area contributed by atoms with Gasteiger partial charge in [0.05, 0.1) is 10.9 Å². The van der Waals surface area contributed by atoms with Crippen LogP contribution in [0.5, 0.6) is 0 Å². The molecule has 2 atom stereocenters. The van der Waals surface area contributed by atoms with E-state index in [1.165, 1.54) is 5.56 Å². The van der Waals surface area contributed by atoms with Crippen molar-refractivity contribution in [2.75, 3.05) is 17.2 Å². The number of Topliss-reactive ketones (excluding diaryl/α,β-unsaturated/α-hetero) is 1. The van der Waals surface area contributed by atoms with E-state index in [4.69, 9.17) is 58.0 Å². The number of amides is 1. The van der Waals surface area contributed by atoms with Crippen LogP contribution < -0.4 is 10.6 Å². The number of ketones is 1. The number of nitrogens with one attached hydrogen (secondary N) is 2. The first-order valence-corrected chi connectivity index (χ1v) is 12.9. The number of alkyl halides is 2. The first-order chi connectivity index (χ1) is 16.6. The standard InChI is InChI=1S/C26H19Cl5N2O2/c27-16-9-15(10-17(28)11-16)23-24(26(23,30)31)25(35)33-18-2-3-20(29)19(12-18)22(34)8-13-1-4-21-14(7-13)5-6-32-21/h1-4,7,9-12,23-24,32H,5-6,8H2,(H,33,35). The highest BCUT2D eigenvalue weighted by molar-refractivity contribution is 6.53. The summed E-state index contributed by atoms with van der Waals surface area (Å²) < 4.78 is -1.30. The van der Waals surface area contributed by atoms with E-state index in [-0.39, 0.29) is 18.1 Å². The fourth-order valence-electron chi connectivity index (χ4n) is 4.61. The molecule has 3 aromatic rings. The molecular formula is C26H19Cl5N2O2. The van der Waals surface area contributed by atoms with Crippen LogP contribution in [0.3, 0.4) is 0 Å². The maximum absolute atomic E-state index is 13.0. The van der Waals surface area contributed by atoms with Gasteiger partial charge in [-0.3, -0.25) is 9.59 Å². The Morgan fingerprint density at radius 1 is 0.971 bits per heavy atom. The van der Waals surface area contributed by atoms with Crippen LogP contribution in [-0.4, -0.2) is 22.6 Å². The summed E-state index contributed by atoms with van der Waals surface area (Å²) in [5.74, 6) is -1.69. The molecule has 1 aliphatic heterocycles. The quantitative estimate of drug-likeness (QED) is 0.238. The van der Waals surface area contributed by atoms with Crippen molar-refractivity contribution in [2.45, 2.75) is 23.1 Å². The molecule has 0 saturated heterocycles. The van der Waals surface area contributed by atoms with Gasteiger partial charge in [0.25, 0.3) is 0 Å². The molecule has 0 aromatic heterocycles. The Labute approximate surface area is 227 Å². The number of benzene rings is 3. The molecule has 4 nitrogen and oxygen atoms in total. The molecule has 3 aromatic carbocycles. The lowest BCUT2D eigenvalue weighted by Gasteiger charge is -2.10. The average molecular weight is 569 g/mol. The van der Waals surface area contributed by atoms with Crippen LogP contribution in [0.2, 0.25) is 15.1 Å². The molecule has 0 radical (unpaired) electrons. The van der Waals surface area contributed by atoms with Crippen LogP contribution in [-0.2, 0) is 17.6 Å². The lowest BCUT2D eigenvalue weighted by atomic mass is 10.00. The normalized spacial score (nSPS) is 19.6. The van der Waals surface area contributed by atoms with E-state index >= 15 is 0 Å². The number of rotatable bonds is 6. The van der Waals surface area contributed by atoms with E-state index < -0.39 is 16.2 Å². The molecule has 5 rings (SSSR count). The fraction of sp³-hybridized carbons (Fsp3) is 0.231. The highest BCUT2D eigenvalue weighted by Crippen LogP contribution is 2.65. The maximum Gasteiger partial charge on any atom is 0.231 e. The second kappa shape index (κ2) is 9.49. The van der Waals surface area contributed by atoms with Crippen LogP contribution in [0.1, 0.15) is 33.0 Å². The molecular weight excluding hydrogens is 550 g/mol. The lowest BCUT2D eigenvalue weighted by molar-refractivity contribution is -0.117. The minimum atomic E-state index is -1.30. The van der Waals surface area contributed by atoms with Gasteiger partial charge in [-0.2, -0.15) is 0 Å². The number of anilines is 2. The summed E-state index contributed by atoms with van der Waals surface area (Å²) in [5.41, 5.74) is 4.67. The highest BCUT2D eigenvalue weighted by Gasteiger charge is 2.67. The summed E-state index contributed by atoms with van der Waals surface area (Å²) in [5, 5.41) is 7.31. The predicted molar refractivity (Wildman–Crippen MR) is 144 cm³/mol. The Kier molecular flexibility index (Phi) is 6.71. The fourth-order valence-corrected chi connectivity index (χ4v) is 6.20. The Bertz CT molecular complexity index is 1340. The van der Waals surface area contributed by atoms with Crippen molar-refractivity contribution in [1.29, 1.82) is 0 Å². The Hall–Kier alpha value is -1.95. The Balaban J connectivity index is 1.31. The van der Waals surface area contributed by atoms with E-state index in [9.17, 15) is 9.59 Å². The van der Waals surface area contributed by atoms with Crippen molar-refractivity contribution in [3.05, 3.63) is 91.9 Å². The van der Waals surface area contributed by atoms with Crippen LogP contribution in [0.4, 0.5) is 11.4 Å². The molecule has 2 unspecified atom stereocenters. The zero-order valence-electron chi connectivity index (χ0n) is 18.2. The van der Waals surface area contributed by atoms with Crippen molar-refractivity contribution < 1.29 is 9.59 Å². The number of carbonyl (C=O) groups is 2. The number of halogens is 5. The van der Waals surface area contributed by atoms with Crippen LogP contribution >= 0.6 is 58.0 Å². The summed E-state index contributed by atoms with van der Waals surface area (Å²) in [6.07, 6.45) is 1.14. The van der Waals surface area contributed by atoms with Gasteiger partial charge in [0.1, 0.15) is 4.33 Å². The third kappa shape index (κ3) is 5.00. The van der Waals surface area contributed by atoms with Gasteiger partial charge in [0, 0.05) is 45.9 Å². The van der Waals surface area contributed by atoms with E-state index in [0.717, 1.165) is 24.2 Å². The summed E-state index contributed by atoms with van der Waals surface area (Å²) in [4.78, 5) is 26.1. The van der Waals surface area contributed by atoms with Gasteiger partial charge in [0.2, 0.25) is 5.91 Å². The third-order valence-corrected chi connectivity index (χ3v) is 8.06. The zero-order chi connectivity index (χ0) is 24.9. The number of carbonyl (C=O) groups excluding carboxylic acids is 2. The Morgan fingerprint density at radius 2 is 1.71 bits per heavy atom. The molecule has 35 heavy (non-hydrogen) atoms. The number of fused-ring (bicyclic) bond motifs is 1. The Morgan fingerprint density at radius 3 is 2.46 bits per heavy atom. The van der Waals surface area contributed by atoms with Gasteiger partial charge in [0.15, 0.2) is 5.78 Å². The van der Waals surface area contributed by atoms with Crippen molar-refractivity contribution >= 4 is 81.1 Å². The van der Waals surface area contributed by atoms with Crippen molar-refractivity contribution in [2.24, 2.45) is 5.92 Å². The van der Waals surface area contributed by atoms with Crippen molar-refractivity contribution in [3.63, 3.8) is 0 Å². The maximum atomic E-state index is 13.0. The van der Waals surface area contributed by atoms with E-state index in [1.54, 1.807) is 36.4 Å². The number of hydrogen-bond acceptors (Lipinski definition) is 3. The molecule has 1 amide bonds. The summed E-state index contributed by atoms with van der Waals surface area (Å²) in [6.45, 7) is 0.901. The molecule has 1 heterocycles. The molecule has 2 N–H and O–H groups in total. The summed E-state index contributed by atoms with van der Waals surface area (Å²) >= 11 is 31.4. The topological polar surface area (TPSA) is 58.2 Å². The second-order valence-corrected chi connectivity index (χ2v) is 11.5. The average Bonchev–Trinajstić information content (AvgIpc) is 3.11. The molecule has 9 heteroatoms. The first-order valence-electron chi connectivity index (χ1n) is 11.0. The lowest BCUT2D eigenvalue weighted by Crippen LogP contribution is -2.17. The zero-order valence-corrected chi connectivity index (χ0v) is 22.0. The van der Waals surface area contributed by atoms with Gasteiger partial charge in [-0.05, 0) is 65.6 Å². The predicted octanol–water partition coefficient (Wildman–Crippen LogP) is 7.57. The molecule has 1 fully saturated rings. The second-order valence-electron chi connectivity index (χ2n) is 8.78. The van der Waals surface area contributed by atoms with Crippen molar-refractivity contribution in [3.8, 4) is 0 Å². The largest absolute Gasteiger partial charge is 0.384 e. The summed E-state index contributed by atoms with van der Waals surface area (Å²) in [7, 11) is 0. The van der Waals surface area contributed by atoms with Crippen LogP contribution in [0.15, 0.2) is 54.6 Å². The molecule has 2 aliphatic rings. The third-order valence-electron chi connectivity index (χ3n) is 6.36. The van der Waals surface area contributed by atoms with Crippen molar-refractivity contribution in [1.82, 2.24) is 0 Å². The van der Waals surface area contributed by atoms with E-state index in [1.807, 2.05) is 18.2 Å². The van der Waals surface area contributed by atoms with Gasteiger partial charge in [-0.25, -0.2) is 0 Å². The highest BCUT2D eigenvalue weighted by atomic mass is 35.5. The van der Waals surface area contributed by atoms with Crippen LogP contribution in [0, 0.1) is 5.92 Å². The van der Waals surface area contributed by atoms with Gasteiger partial charge in [-0.15, -0.1) is 23.2 Å². The molecule has 0 bridgehead atoms. The number of hydrogen-bond donors (Lipinski definition) is 2. The smallest absolute Gasteiger partial charge is 0.231 e. The molecule has 0 spiro atoms. The molecule has 1 aliphatic carbocycles. The first kappa shape index (κ1) is 24.7. The van der Waals surface area contributed by atoms with Gasteiger partial charge < -0.3 is 10.6 Å². The monoisotopic (exact) mass is 566 g/mol. The summed E-state index contributed by atoms with van der Waals surface area (Å²) in [6, 6.07) is 15.8.